The summed E-state index contributed by atoms with van der Waals surface area (Å²) in [6.45, 7) is 5.55. The molecule has 1 aromatic rings. The fraction of sp³-hybridized carbons (Fsp3) is 0.571. The van der Waals surface area contributed by atoms with E-state index in [0.717, 1.165) is 30.5 Å². The average molecular weight is 283 g/mol. The van der Waals surface area contributed by atoms with E-state index in [0.29, 0.717) is 5.15 Å². The minimum Gasteiger partial charge on any atom is -0.444 e. The molecular formula is C14H19ClN2O2. The number of fused-ring (bicyclic) bond motifs is 1. The highest BCUT2D eigenvalue weighted by atomic mass is 35.5. The van der Waals surface area contributed by atoms with Crippen molar-refractivity contribution in [1.29, 1.82) is 0 Å². The van der Waals surface area contributed by atoms with Gasteiger partial charge in [0.25, 0.3) is 0 Å². The number of alkyl carbamates (subject to hydrolysis) is 1. The zero-order chi connectivity index (χ0) is 14.0. The van der Waals surface area contributed by atoms with Gasteiger partial charge in [0.15, 0.2) is 0 Å². The van der Waals surface area contributed by atoms with E-state index in [1.165, 1.54) is 0 Å². The van der Waals surface area contributed by atoms with Crippen molar-refractivity contribution in [2.75, 3.05) is 0 Å². The molecule has 0 radical (unpaired) electrons. The SMILES string of the molecule is CC(C)(C)OC(=O)NC1CCCc2nc(Cl)ccc21. The molecule has 1 aliphatic carbocycles. The second-order valence-corrected chi connectivity index (χ2v) is 6.15. The van der Waals surface area contributed by atoms with Gasteiger partial charge in [-0.3, -0.25) is 0 Å². The van der Waals surface area contributed by atoms with Gasteiger partial charge in [0.2, 0.25) is 0 Å². The quantitative estimate of drug-likeness (QED) is 0.800. The van der Waals surface area contributed by atoms with Gasteiger partial charge in [-0.2, -0.15) is 0 Å². The number of amides is 1. The fourth-order valence-corrected chi connectivity index (χ4v) is 2.40. The number of aromatic nitrogens is 1. The van der Waals surface area contributed by atoms with Crippen LogP contribution in [-0.2, 0) is 11.2 Å². The first-order chi connectivity index (χ1) is 8.85. The summed E-state index contributed by atoms with van der Waals surface area (Å²) in [5, 5.41) is 3.40. The largest absolute Gasteiger partial charge is 0.444 e. The van der Waals surface area contributed by atoms with Gasteiger partial charge < -0.3 is 10.1 Å². The predicted octanol–water partition coefficient (Wildman–Crippen LogP) is 3.64. The van der Waals surface area contributed by atoms with E-state index in [2.05, 4.69) is 10.3 Å². The summed E-state index contributed by atoms with van der Waals surface area (Å²) in [7, 11) is 0. The smallest absolute Gasteiger partial charge is 0.408 e. The monoisotopic (exact) mass is 282 g/mol. The number of aryl methyl sites for hydroxylation is 1. The first-order valence-corrected chi connectivity index (χ1v) is 6.88. The molecule has 1 atom stereocenters. The lowest BCUT2D eigenvalue weighted by Crippen LogP contribution is -2.36. The maximum Gasteiger partial charge on any atom is 0.408 e. The Morgan fingerprint density at radius 1 is 1.47 bits per heavy atom. The Morgan fingerprint density at radius 2 is 2.21 bits per heavy atom. The van der Waals surface area contributed by atoms with Crippen molar-refractivity contribution in [3.8, 4) is 0 Å². The Morgan fingerprint density at radius 3 is 2.89 bits per heavy atom. The second-order valence-electron chi connectivity index (χ2n) is 5.76. The number of nitrogens with zero attached hydrogens (tertiary/aromatic N) is 1. The Bertz CT molecular complexity index is 483. The van der Waals surface area contributed by atoms with Crippen molar-refractivity contribution in [3.63, 3.8) is 0 Å². The fourth-order valence-electron chi connectivity index (χ4n) is 2.23. The Labute approximate surface area is 118 Å². The molecule has 1 heterocycles. The molecule has 0 aliphatic heterocycles. The van der Waals surface area contributed by atoms with E-state index < -0.39 is 5.60 Å². The highest BCUT2D eigenvalue weighted by Gasteiger charge is 2.25. The summed E-state index contributed by atoms with van der Waals surface area (Å²) in [6.07, 6.45) is 2.40. The van der Waals surface area contributed by atoms with E-state index in [4.69, 9.17) is 16.3 Å². The highest BCUT2D eigenvalue weighted by Crippen LogP contribution is 2.29. The van der Waals surface area contributed by atoms with Crippen LogP contribution in [0.1, 0.15) is 50.9 Å². The van der Waals surface area contributed by atoms with E-state index in [9.17, 15) is 4.79 Å². The predicted molar refractivity (Wildman–Crippen MR) is 74.3 cm³/mol. The molecular weight excluding hydrogens is 264 g/mol. The summed E-state index contributed by atoms with van der Waals surface area (Å²) in [5.74, 6) is 0. The van der Waals surface area contributed by atoms with E-state index in [1.807, 2.05) is 26.8 Å². The molecule has 1 unspecified atom stereocenters. The third kappa shape index (κ3) is 3.83. The number of pyridine rings is 1. The van der Waals surface area contributed by atoms with Gasteiger partial charge in [-0.15, -0.1) is 0 Å². The number of halogens is 1. The summed E-state index contributed by atoms with van der Waals surface area (Å²) < 4.78 is 5.28. The highest BCUT2D eigenvalue weighted by molar-refractivity contribution is 6.29. The van der Waals surface area contributed by atoms with Crippen molar-refractivity contribution in [2.45, 2.75) is 51.7 Å². The molecule has 104 valence electrons. The van der Waals surface area contributed by atoms with Gasteiger partial charge in [-0.25, -0.2) is 9.78 Å². The summed E-state index contributed by atoms with van der Waals surface area (Å²) in [6, 6.07) is 3.66. The zero-order valence-corrected chi connectivity index (χ0v) is 12.3. The molecule has 0 bridgehead atoms. The first kappa shape index (κ1) is 14.1. The number of ether oxygens (including phenoxy) is 1. The van der Waals surface area contributed by atoms with E-state index in [1.54, 1.807) is 6.07 Å². The molecule has 0 aromatic carbocycles. The summed E-state index contributed by atoms with van der Waals surface area (Å²) >= 11 is 5.89. The minimum absolute atomic E-state index is 0.0385. The summed E-state index contributed by atoms with van der Waals surface area (Å²) in [4.78, 5) is 16.1. The molecule has 0 saturated heterocycles. The minimum atomic E-state index is -0.486. The average Bonchev–Trinajstić information content (AvgIpc) is 2.26. The van der Waals surface area contributed by atoms with Crippen LogP contribution < -0.4 is 5.32 Å². The number of hydrogen-bond donors (Lipinski definition) is 1. The van der Waals surface area contributed by atoms with Gasteiger partial charge in [-0.1, -0.05) is 17.7 Å². The van der Waals surface area contributed by atoms with Gasteiger partial charge in [0, 0.05) is 5.69 Å². The Hall–Kier alpha value is -1.29. The molecule has 19 heavy (non-hydrogen) atoms. The van der Waals surface area contributed by atoms with Crippen molar-refractivity contribution in [2.24, 2.45) is 0 Å². The number of carbonyl (C=O) groups is 1. The lowest BCUT2D eigenvalue weighted by atomic mass is 9.91. The van der Waals surface area contributed by atoms with Crippen LogP contribution in [0, 0.1) is 0 Å². The van der Waals surface area contributed by atoms with Crippen molar-refractivity contribution >= 4 is 17.7 Å². The van der Waals surface area contributed by atoms with E-state index in [-0.39, 0.29) is 12.1 Å². The molecule has 1 aliphatic rings. The van der Waals surface area contributed by atoms with Crippen LogP contribution in [-0.4, -0.2) is 16.7 Å². The van der Waals surface area contributed by atoms with Gasteiger partial charge in [0.1, 0.15) is 10.8 Å². The van der Waals surface area contributed by atoms with Gasteiger partial charge >= 0.3 is 6.09 Å². The van der Waals surface area contributed by atoms with Crippen LogP contribution in [0.15, 0.2) is 12.1 Å². The normalized spacial score (nSPS) is 18.6. The van der Waals surface area contributed by atoms with Crippen molar-refractivity contribution < 1.29 is 9.53 Å². The molecule has 1 amide bonds. The first-order valence-electron chi connectivity index (χ1n) is 6.50. The van der Waals surface area contributed by atoms with Crippen LogP contribution in [0.5, 0.6) is 0 Å². The maximum atomic E-state index is 11.8. The van der Waals surface area contributed by atoms with Crippen LogP contribution >= 0.6 is 11.6 Å². The van der Waals surface area contributed by atoms with Crippen LogP contribution in [0.2, 0.25) is 5.15 Å². The van der Waals surface area contributed by atoms with Crippen LogP contribution in [0.25, 0.3) is 0 Å². The second kappa shape index (κ2) is 5.37. The van der Waals surface area contributed by atoms with Gasteiger partial charge in [-0.05, 0) is 51.7 Å². The number of hydrogen-bond acceptors (Lipinski definition) is 3. The van der Waals surface area contributed by atoms with Crippen molar-refractivity contribution in [1.82, 2.24) is 10.3 Å². The molecule has 1 aromatic heterocycles. The van der Waals surface area contributed by atoms with Crippen molar-refractivity contribution in [3.05, 3.63) is 28.5 Å². The molecule has 1 N–H and O–H groups in total. The molecule has 4 nitrogen and oxygen atoms in total. The molecule has 0 saturated carbocycles. The number of carbonyl (C=O) groups excluding carboxylic acids is 1. The van der Waals surface area contributed by atoms with Crippen LogP contribution in [0.3, 0.4) is 0 Å². The third-order valence-corrected chi connectivity index (χ3v) is 3.16. The Kier molecular flexibility index (Phi) is 3.99. The molecule has 0 spiro atoms. The number of rotatable bonds is 1. The molecule has 5 heteroatoms. The maximum absolute atomic E-state index is 11.8. The Balaban J connectivity index is 2.09. The third-order valence-electron chi connectivity index (χ3n) is 2.95. The lowest BCUT2D eigenvalue weighted by molar-refractivity contribution is 0.0498. The van der Waals surface area contributed by atoms with Gasteiger partial charge in [0.05, 0.1) is 6.04 Å². The van der Waals surface area contributed by atoms with E-state index >= 15 is 0 Å². The number of nitrogens with one attached hydrogen (secondary N) is 1. The zero-order valence-electron chi connectivity index (χ0n) is 11.5. The molecule has 0 fully saturated rings. The topological polar surface area (TPSA) is 51.2 Å². The standard InChI is InChI=1S/C14H19ClN2O2/c1-14(2,3)19-13(18)17-11-6-4-5-10-9(11)7-8-12(15)16-10/h7-8,11H,4-6H2,1-3H3,(H,17,18). The molecule has 2 rings (SSSR count). The summed E-state index contributed by atoms with van der Waals surface area (Å²) in [5.41, 5.74) is 1.53. The van der Waals surface area contributed by atoms with Crippen LogP contribution in [0.4, 0.5) is 4.79 Å². The lowest BCUT2D eigenvalue weighted by Gasteiger charge is -2.27.